The molecule has 0 radical (unpaired) electrons. The predicted octanol–water partition coefficient (Wildman–Crippen LogP) is 2.75. The first-order chi connectivity index (χ1) is 15.9. The Hall–Kier alpha value is -2.42. The van der Waals surface area contributed by atoms with Crippen LogP contribution in [0.4, 0.5) is 0 Å². The van der Waals surface area contributed by atoms with Crippen LogP contribution < -0.4 is 4.74 Å². The summed E-state index contributed by atoms with van der Waals surface area (Å²) in [5.74, 6) is 0.931. The quantitative estimate of drug-likeness (QED) is 0.648. The number of rotatable bonds is 6. The highest BCUT2D eigenvalue weighted by molar-refractivity contribution is 7.89. The van der Waals surface area contributed by atoms with Gasteiger partial charge in [-0.2, -0.15) is 4.31 Å². The van der Waals surface area contributed by atoms with Crippen LogP contribution >= 0.6 is 0 Å². The Bertz CT molecular complexity index is 1040. The number of amides is 1. The molecular formula is C25H33N3O4S. The summed E-state index contributed by atoms with van der Waals surface area (Å²) in [4.78, 5) is 17.7. The van der Waals surface area contributed by atoms with Crippen LogP contribution in [0, 0.1) is 12.8 Å². The van der Waals surface area contributed by atoms with Crippen molar-refractivity contribution in [2.24, 2.45) is 5.92 Å². The molecule has 0 aromatic heterocycles. The van der Waals surface area contributed by atoms with Crippen molar-refractivity contribution in [1.82, 2.24) is 14.1 Å². The van der Waals surface area contributed by atoms with Gasteiger partial charge in [0.15, 0.2) is 0 Å². The molecule has 4 rings (SSSR count). The second-order valence-electron chi connectivity index (χ2n) is 8.94. The molecule has 0 aliphatic carbocycles. The minimum absolute atomic E-state index is 0.0948. The Balaban J connectivity index is 1.26. The van der Waals surface area contributed by atoms with Crippen LogP contribution in [0.1, 0.15) is 24.0 Å². The van der Waals surface area contributed by atoms with Crippen molar-refractivity contribution in [2.45, 2.75) is 31.2 Å². The minimum atomic E-state index is -3.50. The predicted molar refractivity (Wildman–Crippen MR) is 128 cm³/mol. The number of methoxy groups -OCH3 is 1. The number of carbonyl (C=O) groups excluding carboxylic acids is 1. The van der Waals surface area contributed by atoms with E-state index in [1.165, 1.54) is 9.87 Å². The number of piperazine rings is 1. The van der Waals surface area contributed by atoms with Gasteiger partial charge in [0.2, 0.25) is 15.9 Å². The molecule has 0 unspecified atom stereocenters. The van der Waals surface area contributed by atoms with E-state index in [1.807, 2.05) is 36.1 Å². The van der Waals surface area contributed by atoms with Crippen molar-refractivity contribution in [3.63, 3.8) is 0 Å². The van der Waals surface area contributed by atoms with Gasteiger partial charge in [-0.25, -0.2) is 8.42 Å². The third-order valence-electron chi connectivity index (χ3n) is 6.71. The van der Waals surface area contributed by atoms with Gasteiger partial charge in [-0.1, -0.05) is 29.8 Å². The maximum Gasteiger partial charge on any atom is 0.243 e. The molecule has 2 aliphatic heterocycles. The lowest BCUT2D eigenvalue weighted by molar-refractivity contribution is -0.138. The molecule has 2 aliphatic rings. The average Bonchev–Trinajstić information content (AvgIpc) is 2.85. The third kappa shape index (κ3) is 5.57. The summed E-state index contributed by atoms with van der Waals surface area (Å²) >= 11 is 0. The summed E-state index contributed by atoms with van der Waals surface area (Å²) in [6, 6.07) is 15.1. The highest BCUT2D eigenvalue weighted by Crippen LogP contribution is 2.26. The van der Waals surface area contributed by atoms with Crippen LogP contribution in [-0.2, 0) is 21.4 Å². The standard InChI is InChI=1S/C25H33N3O4S/c1-20-3-9-24(10-4-20)33(30,31)28-13-11-22(12-14-28)25(29)27-17-15-26(16-18-27)19-21-5-7-23(32-2)8-6-21/h3-10,22H,11-19H2,1-2H3. The molecule has 0 saturated carbocycles. The lowest BCUT2D eigenvalue weighted by Crippen LogP contribution is -2.51. The summed E-state index contributed by atoms with van der Waals surface area (Å²) in [6.07, 6.45) is 1.16. The van der Waals surface area contributed by atoms with Gasteiger partial charge in [0, 0.05) is 51.7 Å². The monoisotopic (exact) mass is 471 g/mol. The lowest BCUT2D eigenvalue weighted by Gasteiger charge is -2.38. The molecule has 2 fully saturated rings. The number of hydrogen-bond acceptors (Lipinski definition) is 5. The molecule has 7 nitrogen and oxygen atoms in total. The van der Waals surface area contributed by atoms with E-state index in [9.17, 15) is 13.2 Å². The fourth-order valence-corrected chi connectivity index (χ4v) is 6.05. The average molecular weight is 472 g/mol. The van der Waals surface area contributed by atoms with Crippen LogP contribution in [0.3, 0.4) is 0 Å². The molecule has 0 N–H and O–H groups in total. The Kier molecular flexibility index (Phi) is 7.36. The zero-order chi connectivity index (χ0) is 23.4. The van der Waals surface area contributed by atoms with Gasteiger partial charge in [-0.3, -0.25) is 9.69 Å². The number of aryl methyl sites for hydroxylation is 1. The molecule has 0 bridgehead atoms. The van der Waals surface area contributed by atoms with Gasteiger partial charge >= 0.3 is 0 Å². The second kappa shape index (κ2) is 10.2. The van der Waals surface area contributed by atoms with Crippen LogP contribution in [0.25, 0.3) is 0 Å². The van der Waals surface area contributed by atoms with Gasteiger partial charge in [0.1, 0.15) is 5.75 Å². The van der Waals surface area contributed by atoms with Crippen molar-refractivity contribution in [1.29, 1.82) is 0 Å². The maximum absolute atomic E-state index is 13.1. The highest BCUT2D eigenvalue weighted by atomic mass is 32.2. The van der Waals surface area contributed by atoms with E-state index in [4.69, 9.17) is 4.74 Å². The van der Waals surface area contributed by atoms with Crippen molar-refractivity contribution in [3.05, 3.63) is 59.7 Å². The first kappa shape index (κ1) is 23.7. The van der Waals surface area contributed by atoms with Crippen LogP contribution in [-0.4, -0.2) is 74.8 Å². The summed E-state index contributed by atoms with van der Waals surface area (Å²) in [6.45, 7) is 6.71. The van der Waals surface area contributed by atoms with E-state index >= 15 is 0 Å². The third-order valence-corrected chi connectivity index (χ3v) is 8.62. The molecule has 0 atom stereocenters. The molecule has 2 aromatic rings. The molecule has 0 spiro atoms. The van der Waals surface area contributed by atoms with Crippen molar-refractivity contribution in [2.75, 3.05) is 46.4 Å². The fraction of sp³-hybridized carbons (Fsp3) is 0.480. The Morgan fingerprint density at radius 3 is 2.09 bits per heavy atom. The molecule has 2 saturated heterocycles. The number of sulfonamides is 1. The number of nitrogens with zero attached hydrogens (tertiary/aromatic N) is 3. The van der Waals surface area contributed by atoms with Gasteiger partial charge in [-0.15, -0.1) is 0 Å². The zero-order valence-corrected chi connectivity index (χ0v) is 20.3. The van der Waals surface area contributed by atoms with Crippen molar-refractivity contribution < 1.29 is 17.9 Å². The summed E-state index contributed by atoms with van der Waals surface area (Å²) < 4.78 is 32.6. The van der Waals surface area contributed by atoms with Crippen molar-refractivity contribution >= 4 is 15.9 Å². The van der Waals surface area contributed by atoms with Crippen LogP contribution in [0.2, 0.25) is 0 Å². The Morgan fingerprint density at radius 2 is 1.52 bits per heavy atom. The van der Waals surface area contributed by atoms with Gasteiger partial charge in [0.05, 0.1) is 12.0 Å². The highest BCUT2D eigenvalue weighted by Gasteiger charge is 2.34. The summed E-state index contributed by atoms with van der Waals surface area (Å²) in [5.41, 5.74) is 2.26. The molecule has 8 heteroatoms. The fourth-order valence-electron chi connectivity index (χ4n) is 4.58. The van der Waals surface area contributed by atoms with Gasteiger partial charge < -0.3 is 9.64 Å². The normalized spacial score (nSPS) is 18.9. The second-order valence-corrected chi connectivity index (χ2v) is 10.9. The number of piperidine rings is 1. The number of benzene rings is 2. The first-order valence-corrected chi connectivity index (χ1v) is 13.0. The van der Waals surface area contributed by atoms with Gasteiger partial charge in [0.25, 0.3) is 0 Å². The topological polar surface area (TPSA) is 70.2 Å². The number of ether oxygens (including phenoxy) is 1. The Labute approximate surface area is 197 Å². The largest absolute Gasteiger partial charge is 0.497 e. The van der Waals surface area contributed by atoms with E-state index in [1.54, 1.807) is 19.2 Å². The molecule has 2 heterocycles. The summed E-state index contributed by atoms with van der Waals surface area (Å²) in [7, 11) is -1.84. The molecular weight excluding hydrogens is 438 g/mol. The summed E-state index contributed by atoms with van der Waals surface area (Å²) in [5, 5.41) is 0. The SMILES string of the molecule is COc1ccc(CN2CCN(C(=O)C3CCN(S(=O)(=O)c4ccc(C)cc4)CC3)CC2)cc1. The Morgan fingerprint density at radius 1 is 0.909 bits per heavy atom. The maximum atomic E-state index is 13.1. The number of hydrogen-bond donors (Lipinski definition) is 0. The van der Waals surface area contributed by atoms with E-state index in [0.717, 1.165) is 44.0 Å². The van der Waals surface area contributed by atoms with Crippen molar-refractivity contribution in [3.8, 4) is 5.75 Å². The van der Waals surface area contributed by atoms with E-state index in [2.05, 4.69) is 17.0 Å². The molecule has 33 heavy (non-hydrogen) atoms. The lowest BCUT2D eigenvalue weighted by atomic mass is 9.96. The zero-order valence-electron chi connectivity index (χ0n) is 19.4. The van der Waals surface area contributed by atoms with E-state index in [0.29, 0.717) is 30.8 Å². The van der Waals surface area contributed by atoms with Gasteiger partial charge in [-0.05, 0) is 49.6 Å². The molecule has 1 amide bonds. The van der Waals surface area contributed by atoms with E-state index in [-0.39, 0.29) is 11.8 Å². The van der Waals surface area contributed by atoms with Crippen LogP contribution in [0.15, 0.2) is 53.4 Å². The molecule has 2 aromatic carbocycles. The van der Waals surface area contributed by atoms with Crippen LogP contribution in [0.5, 0.6) is 5.75 Å². The van der Waals surface area contributed by atoms with E-state index < -0.39 is 10.0 Å². The smallest absolute Gasteiger partial charge is 0.243 e. The molecule has 178 valence electrons. The first-order valence-electron chi connectivity index (χ1n) is 11.6. The number of carbonyl (C=O) groups is 1. The minimum Gasteiger partial charge on any atom is -0.497 e.